The number of para-hydroxylation sites is 1. The number of hydrogen-bond acceptors (Lipinski definition) is 5. The number of imide groups is 1. The maximum atomic E-state index is 13.1. The molecule has 0 aliphatic carbocycles. The van der Waals surface area contributed by atoms with E-state index in [1.807, 2.05) is 18.2 Å². The molecule has 0 saturated carbocycles. The third-order valence-corrected chi connectivity index (χ3v) is 4.73. The van der Waals surface area contributed by atoms with Crippen LogP contribution in [0, 0.1) is 5.92 Å². The van der Waals surface area contributed by atoms with Gasteiger partial charge >= 0.3 is 0 Å². The Bertz CT molecular complexity index is 958. The number of hydrazone groups is 1. The number of anilines is 2. The Morgan fingerprint density at radius 1 is 1.00 bits per heavy atom. The van der Waals surface area contributed by atoms with E-state index in [1.54, 1.807) is 36.4 Å². The highest BCUT2D eigenvalue weighted by Crippen LogP contribution is 2.38. The molecule has 2 heterocycles. The summed E-state index contributed by atoms with van der Waals surface area (Å²) in [6, 6.07) is 14.7. The fraction of sp³-hybridized carbons (Fsp3) is 0.158. The zero-order chi connectivity index (χ0) is 18.4. The van der Waals surface area contributed by atoms with Gasteiger partial charge in [0.05, 0.1) is 11.4 Å². The van der Waals surface area contributed by atoms with Crippen LogP contribution in [0.4, 0.5) is 11.4 Å². The first kappa shape index (κ1) is 16.5. The summed E-state index contributed by atoms with van der Waals surface area (Å²) in [5.41, 5.74) is 1.13. The van der Waals surface area contributed by atoms with Crippen molar-refractivity contribution in [3.8, 4) is 0 Å². The summed E-state index contributed by atoms with van der Waals surface area (Å²) in [6.07, 6.45) is 0. The van der Waals surface area contributed by atoms with Crippen molar-refractivity contribution in [3.63, 3.8) is 0 Å². The van der Waals surface area contributed by atoms with Crippen LogP contribution in [0.25, 0.3) is 0 Å². The van der Waals surface area contributed by atoms with Gasteiger partial charge in [-0.3, -0.25) is 19.4 Å². The van der Waals surface area contributed by atoms with E-state index in [1.165, 1.54) is 11.9 Å². The van der Waals surface area contributed by atoms with E-state index in [2.05, 4.69) is 5.10 Å². The average Bonchev–Trinajstić information content (AvgIpc) is 3.13. The van der Waals surface area contributed by atoms with Crippen LogP contribution < -0.4 is 9.91 Å². The van der Waals surface area contributed by atoms with Gasteiger partial charge in [-0.15, -0.1) is 0 Å². The first-order chi connectivity index (χ1) is 12.5. The summed E-state index contributed by atoms with van der Waals surface area (Å²) in [6.45, 7) is 1.35. The van der Waals surface area contributed by atoms with Crippen LogP contribution >= 0.6 is 11.6 Å². The zero-order valence-corrected chi connectivity index (χ0v) is 14.6. The summed E-state index contributed by atoms with van der Waals surface area (Å²) in [5.74, 6) is -2.13. The third kappa shape index (κ3) is 2.42. The second-order valence-electron chi connectivity index (χ2n) is 6.14. The molecule has 2 aliphatic rings. The first-order valence-corrected chi connectivity index (χ1v) is 8.44. The minimum absolute atomic E-state index is 0.0988. The van der Waals surface area contributed by atoms with Crippen molar-refractivity contribution in [2.45, 2.75) is 13.0 Å². The van der Waals surface area contributed by atoms with Crippen LogP contribution in [0.2, 0.25) is 5.02 Å². The number of rotatable bonds is 3. The second kappa shape index (κ2) is 6.07. The molecule has 0 bridgehead atoms. The Morgan fingerprint density at radius 3 is 2.35 bits per heavy atom. The standard InChI is InChI=1S/C19H14ClN3O3/c1-11(24)16-15-17(23(21-16)13-7-3-2-4-8-13)19(26)22(18(15)25)14-9-5-6-12(20)10-14/h2-10,15,17H,1H3/t15-,17-/m1/s1. The number of carbonyl (C=O) groups excluding carboxylic acids is 3. The Hall–Kier alpha value is -2.99. The topological polar surface area (TPSA) is 70.1 Å². The molecule has 4 rings (SSSR count). The quantitative estimate of drug-likeness (QED) is 0.782. The molecule has 2 atom stereocenters. The molecule has 0 N–H and O–H groups in total. The molecule has 7 heteroatoms. The molecule has 6 nitrogen and oxygen atoms in total. The minimum atomic E-state index is -0.917. The highest BCUT2D eigenvalue weighted by atomic mass is 35.5. The van der Waals surface area contributed by atoms with Crippen molar-refractivity contribution in [1.82, 2.24) is 0 Å². The van der Waals surface area contributed by atoms with E-state index in [0.29, 0.717) is 16.4 Å². The molecule has 2 aromatic rings. The summed E-state index contributed by atoms with van der Waals surface area (Å²) < 4.78 is 0. The van der Waals surface area contributed by atoms with Crippen LogP contribution in [0.15, 0.2) is 59.7 Å². The van der Waals surface area contributed by atoms with Crippen molar-refractivity contribution in [1.29, 1.82) is 0 Å². The van der Waals surface area contributed by atoms with Crippen LogP contribution in [0.3, 0.4) is 0 Å². The molecule has 130 valence electrons. The predicted molar refractivity (Wildman–Crippen MR) is 98.3 cm³/mol. The Balaban J connectivity index is 1.81. The van der Waals surface area contributed by atoms with E-state index < -0.39 is 23.8 Å². The predicted octanol–water partition coefficient (Wildman–Crippen LogP) is 2.66. The average molecular weight is 368 g/mol. The van der Waals surface area contributed by atoms with E-state index in [0.717, 1.165) is 4.90 Å². The number of ketones is 1. The maximum absolute atomic E-state index is 13.1. The van der Waals surface area contributed by atoms with Gasteiger partial charge < -0.3 is 0 Å². The molecule has 26 heavy (non-hydrogen) atoms. The van der Waals surface area contributed by atoms with E-state index in [-0.39, 0.29) is 11.5 Å². The molecule has 1 fully saturated rings. The van der Waals surface area contributed by atoms with Gasteiger partial charge in [0, 0.05) is 11.9 Å². The minimum Gasteiger partial charge on any atom is -0.293 e. The lowest BCUT2D eigenvalue weighted by Gasteiger charge is -2.22. The van der Waals surface area contributed by atoms with Crippen molar-refractivity contribution >= 4 is 46.3 Å². The lowest BCUT2D eigenvalue weighted by atomic mass is 9.95. The molecule has 0 unspecified atom stereocenters. The smallest absolute Gasteiger partial charge is 0.259 e. The highest BCUT2D eigenvalue weighted by molar-refractivity contribution is 6.49. The van der Waals surface area contributed by atoms with E-state index >= 15 is 0 Å². The monoisotopic (exact) mass is 367 g/mol. The number of halogens is 1. The number of hydrogen-bond donors (Lipinski definition) is 0. The summed E-state index contributed by atoms with van der Waals surface area (Å²) in [5, 5.41) is 6.18. The Morgan fingerprint density at radius 2 is 1.69 bits per heavy atom. The molecule has 0 radical (unpaired) electrons. The summed E-state index contributed by atoms with van der Waals surface area (Å²) >= 11 is 6.01. The molecular weight excluding hydrogens is 354 g/mol. The molecular formula is C19H14ClN3O3. The number of benzene rings is 2. The zero-order valence-electron chi connectivity index (χ0n) is 13.8. The molecule has 1 saturated heterocycles. The number of Topliss-reactive ketones (excluding diaryl/α,β-unsaturated/α-hetero) is 1. The van der Waals surface area contributed by atoms with E-state index in [4.69, 9.17) is 11.6 Å². The van der Waals surface area contributed by atoms with Gasteiger partial charge in [-0.2, -0.15) is 5.10 Å². The van der Waals surface area contributed by atoms with Crippen LogP contribution in [-0.4, -0.2) is 29.4 Å². The summed E-state index contributed by atoms with van der Waals surface area (Å²) in [4.78, 5) is 39.2. The van der Waals surface area contributed by atoms with Gasteiger partial charge in [-0.1, -0.05) is 35.9 Å². The van der Waals surface area contributed by atoms with Gasteiger partial charge in [-0.25, -0.2) is 4.90 Å². The van der Waals surface area contributed by atoms with Gasteiger partial charge in [0.2, 0.25) is 5.91 Å². The largest absolute Gasteiger partial charge is 0.293 e. The Labute approximate surface area is 154 Å². The normalized spacial score (nSPS) is 21.8. The van der Waals surface area contributed by atoms with Gasteiger partial charge in [0.25, 0.3) is 5.91 Å². The molecule has 0 spiro atoms. The Kier molecular flexibility index (Phi) is 3.85. The lowest BCUT2D eigenvalue weighted by molar-refractivity contribution is -0.122. The van der Waals surface area contributed by atoms with Crippen LogP contribution in [0.5, 0.6) is 0 Å². The van der Waals surface area contributed by atoms with Crippen LogP contribution in [0.1, 0.15) is 6.92 Å². The third-order valence-electron chi connectivity index (χ3n) is 4.50. The number of carbonyl (C=O) groups is 3. The van der Waals surface area contributed by atoms with Gasteiger partial charge in [-0.05, 0) is 30.3 Å². The van der Waals surface area contributed by atoms with Gasteiger partial charge in [0.1, 0.15) is 17.7 Å². The SMILES string of the molecule is CC(=O)C1=NN(c2ccccc2)[C@H]2C(=O)N(c3cccc(Cl)c3)C(=O)[C@H]12. The molecule has 2 aromatic carbocycles. The van der Waals surface area contributed by atoms with Crippen molar-refractivity contribution < 1.29 is 14.4 Å². The second-order valence-corrected chi connectivity index (χ2v) is 6.57. The molecule has 2 aliphatic heterocycles. The van der Waals surface area contributed by atoms with Crippen molar-refractivity contribution in [2.24, 2.45) is 11.0 Å². The lowest BCUT2D eigenvalue weighted by Crippen LogP contribution is -2.39. The molecule has 2 amide bonds. The number of fused-ring (bicyclic) bond motifs is 1. The first-order valence-electron chi connectivity index (χ1n) is 8.06. The summed E-state index contributed by atoms with van der Waals surface area (Å²) in [7, 11) is 0. The highest BCUT2D eigenvalue weighted by Gasteiger charge is 2.58. The van der Waals surface area contributed by atoms with Gasteiger partial charge in [0.15, 0.2) is 5.78 Å². The van der Waals surface area contributed by atoms with Crippen molar-refractivity contribution in [2.75, 3.05) is 9.91 Å². The van der Waals surface area contributed by atoms with Crippen molar-refractivity contribution in [3.05, 3.63) is 59.6 Å². The van der Waals surface area contributed by atoms with Crippen LogP contribution in [-0.2, 0) is 14.4 Å². The fourth-order valence-corrected chi connectivity index (χ4v) is 3.55. The molecule has 0 aromatic heterocycles. The number of amides is 2. The van der Waals surface area contributed by atoms with E-state index in [9.17, 15) is 14.4 Å². The fourth-order valence-electron chi connectivity index (χ4n) is 3.37. The number of nitrogens with zero attached hydrogens (tertiary/aromatic N) is 3. The maximum Gasteiger partial charge on any atom is 0.259 e.